The molecule has 32 heavy (non-hydrogen) atoms. The van der Waals surface area contributed by atoms with Crippen LogP contribution in [0.4, 0.5) is 0 Å². The quantitative estimate of drug-likeness (QED) is 0.483. The van der Waals surface area contributed by atoms with Gasteiger partial charge in [-0.15, -0.1) is 10.2 Å². The highest BCUT2D eigenvalue weighted by atomic mass is 32.2. The second-order valence-corrected chi connectivity index (χ2v) is 11.4. The number of benzene rings is 2. The molecule has 1 amide bonds. The average molecular weight is 470 g/mol. The summed E-state index contributed by atoms with van der Waals surface area (Å²) < 4.78 is 24.0. The molecule has 8 heteroatoms. The molecule has 3 aromatic rings. The highest BCUT2D eigenvalue weighted by molar-refractivity contribution is 8.00. The van der Waals surface area contributed by atoms with Crippen LogP contribution in [0.5, 0.6) is 0 Å². The molecule has 0 saturated carbocycles. The third-order valence-electron chi connectivity index (χ3n) is 5.99. The topological polar surface area (TPSA) is 80.2 Å². The summed E-state index contributed by atoms with van der Waals surface area (Å²) in [6.45, 7) is 4.00. The van der Waals surface area contributed by atoms with Crippen molar-refractivity contribution in [3.05, 3.63) is 54.6 Å². The number of hydrogen-bond acceptors (Lipinski definition) is 6. The summed E-state index contributed by atoms with van der Waals surface area (Å²) in [6.07, 6.45) is 1.29. The standard InChI is InChI=1S/C24H27N3O3S2/c1-3-17(2)27(19-13-14-32(29,30)16-19)22(28)15-31-24-21-12-8-7-11-20(21)23(25-26-24)18-9-5-4-6-10-18/h4-12,17,19H,3,13-16H2,1-2H3/t17-,19-/m0/s1. The number of hydrogen-bond donors (Lipinski definition) is 0. The monoisotopic (exact) mass is 469 g/mol. The maximum atomic E-state index is 13.2. The second kappa shape index (κ2) is 9.58. The summed E-state index contributed by atoms with van der Waals surface area (Å²) in [5.41, 5.74) is 1.81. The minimum absolute atomic E-state index is 0.00955. The van der Waals surface area contributed by atoms with E-state index in [4.69, 9.17) is 0 Å². The van der Waals surface area contributed by atoms with Gasteiger partial charge in [0.05, 0.1) is 17.3 Å². The van der Waals surface area contributed by atoms with Crippen LogP contribution in [0.1, 0.15) is 26.7 Å². The maximum Gasteiger partial charge on any atom is 0.233 e. The number of aromatic nitrogens is 2. The van der Waals surface area contributed by atoms with Crippen LogP contribution in [-0.4, -0.2) is 58.8 Å². The number of amides is 1. The summed E-state index contributed by atoms with van der Waals surface area (Å²) in [7, 11) is -3.07. The summed E-state index contributed by atoms with van der Waals surface area (Å²) in [4.78, 5) is 15.0. The van der Waals surface area contributed by atoms with Gasteiger partial charge in [-0.05, 0) is 19.8 Å². The van der Waals surface area contributed by atoms with Gasteiger partial charge in [0.2, 0.25) is 5.91 Å². The maximum absolute atomic E-state index is 13.2. The Bertz CT molecular complexity index is 1220. The number of thioether (sulfide) groups is 1. The molecular weight excluding hydrogens is 442 g/mol. The molecule has 0 bridgehead atoms. The number of fused-ring (bicyclic) bond motifs is 1. The molecule has 0 aliphatic carbocycles. The Morgan fingerprint density at radius 1 is 1.09 bits per heavy atom. The first-order chi connectivity index (χ1) is 15.4. The number of sulfone groups is 1. The van der Waals surface area contributed by atoms with Gasteiger partial charge < -0.3 is 4.90 Å². The van der Waals surface area contributed by atoms with Crippen molar-refractivity contribution in [2.24, 2.45) is 0 Å². The molecule has 1 fully saturated rings. The van der Waals surface area contributed by atoms with Gasteiger partial charge in [-0.25, -0.2) is 8.42 Å². The molecule has 2 heterocycles. The molecule has 0 unspecified atom stereocenters. The van der Waals surface area contributed by atoms with E-state index in [0.29, 0.717) is 11.4 Å². The van der Waals surface area contributed by atoms with Crippen LogP contribution in [0, 0.1) is 0 Å². The molecule has 1 aliphatic rings. The third kappa shape index (κ3) is 4.81. The van der Waals surface area contributed by atoms with Crippen molar-refractivity contribution in [3.8, 4) is 11.3 Å². The van der Waals surface area contributed by atoms with Crippen molar-refractivity contribution >= 4 is 38.3 Å². The summed E-state index contributed by atoms with van der Waals surface area (Å²) >= 11 is 1.36. The predicted molar refractivity (Wildman–Crippen MR) is 129 cm³/mol. The van der Waals surface area contributed by atoms with Crippen molar-refractivity contribution in [1.29, 1.82) is 0 Å². The van der Waals surface area contributed by atoms with Crippen molar-refractivity contribution in [2.45, 2.75) is 43.8 Å². The first-order valence-corrected chi connectivity index (χ1v) is 13.7. The number of rotatable bonds is 7. The Hall–Kier alpha value is -2.45. The molecular formula is C24H27N3O3S2. The average Bonchev–Trinajstić information content (AvgIpc) is 3.16. The van der Waals surface area contributed by atoms with Crippen molar-refractivity contribution in [3.63, 3.8) is 0 Å². The number of carbonyl (C=O) groups excluding carboxylic acids is 1. The van der Waals surface area contributed by atoms with Crippen molar-refractivity contribution in [2.75, 3.05) is 17.3 Å². The zero-order valence-electron chi connectivity index (χ0n) is 18.3. The van der Waals surface area contributed by atoms with Crippen LogP contribution in [0.2, 0.25) is 0 Å². The molecule has 1 saturated heterocycles. The van der Waals surface area contributed by atoms with E-state index in [1.165, 1.54) is 11.8 Å². The zero-order valence-corrected chi connectivity index (χ0v) is 19.9. The van der Waals surface area contributed by atoms with Crippen molar-refractivity contribution < 1.29 is 13.2 Å². The molecule has 0 N–H and O–H groups in total. The third-order valence-corrected chi connectivity index (χ3v) is 8.71. The van der Waals surface area contributed by atoms with E-state index in [9.17, 15) is 13.2 Å². The van der Waals surface area contributed by atoms with Crippen LogP contribution in [0.15, 0.2) is 59.6 Å². The SMILES string of the molecule is CC[C@H](C)N(C(=O)CSc1nnc(-c2ccccc2)c2ccccc12)[C@H]1CCS(=O)(=O)C1. The Morgan fingerprint density at radius 2 is 1.78 bits per heavy atom. The van der Waals surface area contributed by atoms with Gasteiger partial charge >= 0.3 is 0 Å². The largest absolute Gasteiger partial charge is 0.335 e. The lowest BCUT2D eigenvalue weighted by atomic mass is 10.1. The van der Waals surface area contributed by atoms with E-state index in [1.54, 1.807) is 4.90 Å². The molecule has 6 nitrogen and oxygen atoms in total. The summed E-state index contributed by atoms with van der Waals surface area (Å²) in [6, 6.07) is 17.6. The van der Waals surface area contributed by atoms with E-state index in [-0.39, 0.29) is 35.2 Å². The van der Waals surface area contributed by atoms with E-state index in [1.807, 2.05) is 68.4 Å². The van der Waals surface area contributed by atoms with Crippen LogP contribution in [0.25, 0.3) is 22.0 Å². The zero-order chi connectivity index (χ0) is 22.7. The number of carbonyl (C=O) groups is 1. The normalized spacial score (nSPS) is 18.5. The fraction of sp³-hybridized carbons (Fsp3) is 0.375. The molecule has 2 aromatic carbocycles. The molecule has 4 rings (SSSR count). The van der Waals surface area contributed by atoms with Gasteiger partial charge in [-0.3, -0.25) is 4.79 Å². The first kappa shape index (κ1) is 22.7. The lowest BCUT2D eigenvalue weighted by molar-refractivity contribution is -0.132. The Kier molecular flexibility index (Phi) is 6.81. The second-order valence-electron chi connectivity index (χ2n) is 8.17. The summed E-state index contributed by atoms with van der Waals surface area (Å²) in [5.74, 6) is 0.360. The first-order valence-electron chi connectivity index (χ1n) is 10.8. The van der Waals surface area contributed by atoms with E-state index >= 15 is 0 Å². The fourth-order valence-corrected chi connectivity index (χ4v) is 6.75. The molecule has 2 atom stereocenters. The molecule has 0 spiro atoms. The Balaban J connectivity index is 1.58. The summed E-state index contributed by atoms with van der Waals surface area (Å²) in [5, 5.41) is 11.6. The lowest BCUT2D eigenvalue weighted by Crippen LogP contribution is -2.47. The molecule has 1 aromatic heterocycles. The van der Waals surface area contributed by atoms with Crippen LogP contribution >= 0.6 is 11.8 Å². The minimum atomic E-state index is -3.07. The van der Waals surface area contributed by atoms with E-state index in [0.717, 1.165) is 28.5 Å². The van der Waals surface area contributed by atoms with Gasteiger partial charge in [-0.1, -0.05) is 73.3 Å². The smallest absolute Gasteiger partial charge is 0.233 e. The predicted octanol–water partition coefficient (Wildman–Crippen LogP) is 4.20. The van der Waals surface area contributed by atoms with Crippen LogP contribution < -0.4 is 0 Å². The molecule has 1 aliphatic heterocycles. The van der Waals surface area contributed by atoms with Gasteiger partial charge in [-0.2, -0.15) is 0 Å². The van der Waals surface area contributed by atoms with Gasteiger partial charge in [0, 0.05) is 28.4 Å². The lowest BCUT2D eigenvalue weighted by Gasteiger charge is -2.33. The van der Waals surface area contributed by atoms with Crippen molar-refractivity contribution in [1.82, 2.24) is 15.1 Å². The fourth-order valence-electron chi connectivity index (χ4n) is 4.20. The van der Waals surface area contributed by atoms with Gasteiger partial charge in [0.15, 0.2) is 9.84 Å². The highest BCUT2D eigenvalue weighted by Crippen LogP contribution is 2.32. The Labute approximate surface area is 193 Å². The van der Waals surface area contributed by atoms with Crippen LogP contribution in [-0.2, 0) is 14.6 Å². The Morgan fingerprint density at radius 3 is 2.44 bits per heavy atom. The number of nitrogens with zero attached hydrogens (tertiary/aromatic N) is 3. The molecule has 0 radical (unpaired) electrons. The van der Waals surface area contributed by atoms with Crippen LogP contribution in [0.3, 0.4) is 0 Å². The minimum Gasteiger partial charge on any atom is -0.335 e. The van der Waals surface area contributed by atoms with E-state index < -0.39 is 9.84 Å². The van der Waals surface area contributed by atoms with Gasteiger partial charge in [0.25, 0.3) is 0 Å². The molecule has 168 valence electrons. The highest BCUT2D eigenvalue weighted by Gasteiger charge is 2.36. The van der Waals surface area contributed by atoms with E-state index in [2.05, 4.69) is 10.2 Å². The van der Waals surface area contributed by atoms with Gasteiger partial charge in [0.1, 0.15) is 10.7 Å².